The molecular weight excluding hydrogens is 102 g/mol. The van der Waals surface area contributed by atoms with Crippen LogP contribution in [0.5, 0.6) is 0 Å². The molecule has 0 aromatic heterocycles. The van der Waals surface area contributed by atoms with Gasteiger partial charge in [0.2, 0.25) is 0 Å². The van der Waals surface area contributed by atoms with Crippen molar-refractivity contribution < 1.29 is 4.84 Å². The first-order chi connectivity index (χ1) is 4.00. The van der Waals surface area contributed by atoms with Crippen LogP contribution in [0.3, 0.4) is 0 Å². The van der Waals surface area contributed by atoms with Gasteiger partial charge in [-0.1, -0.05) is 12.2 Å². The molecule has 0 radical (unpaired) electrons. The second-order valence-electron chi connectivity index (χ2n) is 1.82. The van der Waals surface area contributed by atoms with Crippen LogP contribution in [-0.4, -0.2) is 13.2 Å². The van der Waals surface area contributed by atoms with Gasteiger partial charge in [-0.25, -0.2) is 5.48 Å². The molecule has 0 fully saturated rings. The smallest absolute Gasteiger partial charge is 0.0863 e. The molecule has 2 heteroatoms. The van der Waals surface area contributed by atoms with Crippen molar-refractivity contribution in [3.05, 3.63) is 12.2 Å². The second kappa shape index (κ2) is 3.64. The fourth-order valence-corrected chi connectivity index (χ4v) is 0.657. The Morgan fingerprint density at radius 2 is 2.38 bits per heavy atom. The third-order valence-electron chi connectivity index (χ3n) is 1.10. The SMILES string of the molecule is C1=C\CONCCC/1. The largest absolute Gasteiger partial charge is 0.298 e. The zero-order valence-electron chi connectivity index (χ0n) is 4.89. The van der Waals surface area contributed by atoms with Gasteiger partial charge in [-0.15, -0.1) is 0 Å². The second-order valence-corrected chi connectivity index (χ2v) is 1.82. The van der Waals surface area contributed by atoms with Crippen molar-refractivity contribution in [3.8, 4) is 0 Å². The van der Waals surface area contributed by atoms with Gasteiger partial charge in [0.1, 0.15) is 0 Å². The van der Waals surface area contributed by atoms with E-state index in [4.69, 9.17) is 4.84 Å². The van der Waals surface area contributed by atoms with E-state index in [2.05, 4.69) is 11.6 Å². The van der Waals surface area contributed by atoms with Crippen LogP contribution in [-0.2, 0) is 4.84 Å². The van der Waals surface area contributed by atoms with Crippen LogP contribution in [0.25, 0.3) is 0 Å². The van der Waals surface area contributed by atoms with Crippen LogP contribution < -0.4 is 5.48 Å². The van der Waals surface area contributed by atoms with Gasteiger partial charge in [-0.3, -0.25) is 4.84 Å². The van der Waals surface area contributed by atoms with Crippen molar-refractivity contribution in [2.45, 2.75) is 12.8 Å². The number of hydrogen-bond acceptors (Lipinski definition) is 2. The van der Waals surface area contributed by atoms with Crippen molar-refractivity contribution in [3.63, 3.8) is 0 Å². The third-order valence-corrected chi connectivity index (χ3v) is 1.10. The Morgan fingerprint density at radius 1 is 1.38 bits per heavy atom. The summed E-state index contributed by atoms with van der Waals surface area (Å²) in [4.78, 5) is 4.94. The molecule has 46 valence electrons. The Labute approximate surface area is 49.5 Å². The quantitative estimate of drug-likeness (QED) is 0.470. The molecule has 1 N–H and O–H groups in total. The number of hydroxylamine groups is 1. The first kappa shape index (κ1) is 5.79. The van der Waals surface area contributed by atoms with Gasteiger partial charge in [0, 0.05) is 6.54 Å². The van der Waals surface area contributed by atoms with Gasteiger partial charge in [0.15, 0.2) is 0 Å². The van der Waals surface area contributed by atoms with E-state index in [1.807, 2.05) is 6.08 Å². The highest BCUT2D eigenvalue weighted by Crippen LogP contribution is 1.91. The Bertz CT molecular complexity index is 70.6. The standard InChI is InChI=1S/C6H11NO/c1-2-4-6-8-7-5-3-1/h2,4,7H,1,3,5-6H2/b4-2-. The minimum atomic E-state index is 0.708. The van der Waals surface area contributed by atoms with Gasteiger partial charge in [0.05, 0.1) is 6.61 Å². The van der Waals surface area contributed by atoms with Crippen molar-refractivity contribution >= 4 is 0 Å². The molecule has 0 saturated carbocycles. The summed E-state index contributed by atoms with van der Waals surface area (Å²) in [5.74, 6) is 0. The molecule has 0 aromatic carbocycles. The number of rotatable bonds is 0. The predicted molar refractivity (Wildman–Crippen MR) is 32.3 cm³/mol. The lowest BCUT2D eigenvalue weighted by Gasteiger charge is -2.04. The highest BCUT2D eigenvalue weighted by molar-refractivity contribution is 4.81. The van der Waals surface area contributed by atoms with E-state index in [-0.39, 0.29) is 0 Å². The lowest BCUT2D eigenvalue weighted by molar-refractivity contribution is 0.0600. The zero-order chi connectivity index (χ0) is 5.66. The normalized spacial score (nSPS) is 26.0. The van der Waals surface area contributed by atoms with Crippen LogP contribution in [0.1, 0.15) is 12.8 Å². The molecule has 0 aliphatic carbocycles. The summed E-state index contributed by atoms with van der Waals surface area (Å²) in [5.41, 5.74) is 2.84. The summed E-state index contributed by atoms with van der Waals surface area (Å²) < 4.78 is 0. The first-order valence-corrected chi connectivity index (χ1v) is 3.00. The minimum Gasteiger partial charge on any atom is -0.298 e. The van der Waals surface area contributed by atoms with Gasteiger partial charge in [0.25, 0.3) is 0 Å². The average molecular weight is 113 g/mol. The molecule has 8 heavy (non-hydrogen) atoms. The van der Waals surface area contributed by atoms with Crippen molar-refractivity contribution in [1.29, 1.82) is 0 Å². The Balaban J connectivity index is 2.17. The fraction of sp³-hybridized carbons (Fsp3) is 0.667. The monoisotopic (exact) mass is 113 g/mol. The highest BCUT2D eigenvalue weighted by atomic mass is 16.6. The van der Waals surface area contributed by atoms with E-state index >= 15 is 0 Å². The zero-order valence-corrected chi connectivity index (χ0v) is 4.89. The molecule has 2 nitrogen and oxygen atoms in total. The lowest BCUT2D eigenvalue weighted by atomic mass is 10.3. The molecule has 0 unspecified atom stereocenters. The van der Waals surface area contributed by atoms with E-state index in [1.54, 1.807) is 0 Å². The van der Waals surface area contributed by atoms with E-state index in [9.17, 15) is 0 Å². The van der Waals surface area contributed by atoms with Crippen molar-refractivity contribution in [2.24, 2.45) is 0 Å². The van der Waals surface area contributed by atoms with Crippen LogP contribution in [0.2, 0.25) is 0 Å². The molecule has 1 aliphatic rings. The molecule has 0 bridgehead atoms. The van der Waals surface area contributed by atoms with Gasteiger partial charge in [-0.2, -0.15) is 0 Å². The van der Waals surface area contributed by atoms with E-state index in [0.29, 0.717) is 6.61 Å². The van der Waals surface area contributed by atoms with Gasteiger partial charge in [-0.05, 0) is 12.8 Å². The van der Waals surface area contributed by atoms with Crippen LogP contribution in [0.4, 0.5) is 0 Å². The molecule has 0 spiro atoms. The van der Waals surface area contributed by atoms with Crippen molar-refractivity contribution in [1.82, 2.24) is 5.48 Å². The Kier molecular flexibility index (Phi) is 2.63. The minimum absolute atomic E-state index is 0.708. The molecule has 1 rings (SSSR count). The molecule has 1 heterocycles. The molecule has 0 aromatic rings. The first-order valence-electron chi connectivity index (χ1n) is 3.00. The van der Waals surface area contributed by atoms with Crippen LogP contribution in [0.15, 0.2) is 12.2 Å². The summed E-state index contributed by atoms with van der Waals surface area (Å²) >= 11 is 0. The van der Waals surface area contributed by atoms with E-state index in [0.717, 1.165) is 6.54 Å². The summed E-state index contributed by atoms with van der Waals surface area (Å²) in [6.45, 7) is 1.68. The molecule has 0 atom stereocenters. The average Bonchev–Trinajstić information content (AvgIpc) is 1.62. The van der Waals surface area contributed by atoms with Crippen LogP contribution in [0, 0.1) is 0 Å². The van der Waals surface area contributed by atoms with Gasteiger partial charge < -0.3 is 0 Å². The Hall–Kier alpha value is -0.340. The summed E-state index contributed by atoms with van der Waals surface area (Å²) in [6.07, 6.45) is 6.54. The maximum atomic E-state index is 4.94. The maximum Gasteiger partial charge on any atom is 0.0863 e. The molecule has 1 aliphatic heterocycles. The molecular formula is C6H11NO. The summed E-state index contributed by atoms with van der Waals surface area (Å²) in [6, 6.07) is 0. The third kappa shape index (κ3) is 2.09. The topological polar surface area (TPSA) is 21.3 Å². The van der Waals surface area contributed by atoms with Crippen molar-refractivity contribution in [2.75, 3.05) is 13.2 Å². The van der Waals surface area contributed by atoms with E-state index in [1.165, 1.54) is 12.8 Å². The van der Waals surface area contributed by atoms with Crippen LogP contribution >= 0.6 is 0 Å². The number of hydrogen-bond donors (Lipinski definition) is 1. The molecule has 0 saturated heterocycles. The predicted octanol–water partition coefficient (Wildman–Crippen LogP) is 0.858. The molecule has 0 amide bonds. The fourth-order valence-electron chi connectivity index (χ4n) is 0.657. The Morgan fingerprint density at radius 3 is 3.38 bits per heavy atom. The lowest BCUT2D eigenvalue weighted by Crippen LogP contribution is -2.16. The van der Waals surface area contributed by atoms with E-state index < -0.39 is 0 Å². The summed E-state index contributed by atoms with van der Waals surface area (Å²) in [7, 11) is 0. The number of nitrogens with one attached hydrogen (secondary N) is 1. The number of allylic oxidation sites excluding steroid dienone is 1. The maximum absolute atomic E-state index is 4.94. The highest BCUT2D eigenvalue weighted by Gasteiger charge is 1.87. The van der Waals surface area contributed by atoms with Gasteiger partial charge >= 0.3 is 0 Å². The summed E-state index contributed by atoms with van der Waals surface area (Å²) in [5, 5.41) is 0.